The van der Waals surface area contributed by atoms with Gasteiger partial charge in [0.25, 0.3) is 11.4 Å². The molecule has 0 fully saturated rings. The summed E-state index contributed by atoms with van der Waals surface area (Å²) in [5, 5.41) is 45.2. The average molecular weight is 676 g/mol. The number of nitrogens with zero attached hydrogens (tertiary/aromatic N) is 5. The van der Waals surface area contributed by atoms with Crippen molar-refractivity contribution in [2.45, 2.75) is 21.2 Å². The van der Waals surface area contributed by atoms with Crippen LogP contribution in [-0.4, -0.2) is 87.1 Å². The summed E-state index contributed by atoms with van der Waals surface area (Å²) in [4.78, 5) is 60.3. The number of thioether (sulfide) groups is 1. The largest absolute Gasteiger partial charge is 0.478 e. The molecule has 2 N–H and O–H groups in total. The van der Waals surface area contributed by atoms with Crippen LogP contribution in [0.5, 0.6) is 0 Å². The van der Waals surface area contributed by atoms with E-state index in [9.17, 15) is 44.8 Å². The molecule has 3 aromatic rings. The SMILES string of the molecule is CN(Cc1cc([N+](=O)[O-])cc(C(=O)O)c1SCCN(C)N(C)C(=O)CS)c1ccc(Sc2ccc([N+](=O)[O-])cc2C(=O)O)cc1. The summed E-state index contributed by atoms with van der Waals surface area (Å²) in [7, 11) is 5.04. The predicted molar refractivity (Wildman–Crippen MR) is 173 cm³/mol. The van der Waals surface area contributed by atoms with Crippen molar-refractivity contribution in [1.29, 1.82) is 0 Å². The standard InChI is InChI=1S/C28H29N5O9S3/c1-29(18-4-7-21(8-5-18)45-24-9-6-19(32(39)40)13-22(24)27(35)36)15-17-12-20(33(41)42)14-23(28(37)38)26(17)44-11-10-30(2)31(3)25(34)16-43/h4-9,12-14,43H,10-11,15-16H2,1-3H3,(H,35,36)(H,37,38). The van der Waals surface area contributed by atoms with Crippen molar-refractivity contribution in [2.24, 2.45) is 0 Å². The molecule has 0 radical (unpaired) electrons. The van der Waals surface area contributed by atoms with Crippen LogP contribution >= 0.6 is 36.2 Å². The predicted octanol–water partition coefficient (Wildman–Crippen LogP) is 5.01. The van der Waals surface area contributed by atoms with Crippen LogP contribution in [0, 0.1) is 20.2 Å². The minimum absolute atomic E-state index is 0.0239. The fourth-order valence-corrected chi connectivity index (χ4v) is 6.37. The lowest BCUT2D eigenvalue weighted by molar-refractivity contribution is -0.385. The van der Waals surface area contributed by atoms with Gasteiger partial charge in [0.2, 0.25) is 5.91 Å². The van der Waals surface area contributed by atoms with E-state index in [1.807, 2.05) is 0 Å². The molecule has 14 nitrogen and oxygen atoms in total. The molecule has 0 aliphatic heterocycles. The molecule has 45 heavy (non-hydrogen) atoms. The fourth-order valence-electron chi connectivity index (χ4n) is 4.08. The Kier molecular flexibility index (Phi) is 12.2. The molecule has 3 rings (SSSR count). The first-order valence-electron chi connectivity index (χ1n) is 13.0. The number of carbonyl (C=O) groups excluding carboxylic acids is 1. The zero-order valence-corrected chi connectivity index (χ0v) is 26.8. The number of hydrazine groups is 1. The van der Waals surface area contributed by atoms with Gasteiger partial charge >= 0.3 is 11.9 Å². The Balaban J connectivity index is 1.85. The minimum Gasteiger partial charge on any atom is -0.478 e. The summed E-state index contributed by atoms with van der Waals surface area (Å²) < 4.78 is 0. The maximum atomic E-state index is 12.1. The second-order valence-corrected chi connectivity index (χ2v) is 12.1. The number of thiol groups is 1. The number of benzene rings is 3. The Morgan fingerprint density at radius 1 is 0.867 bits per heavy atom. The van der Waals surface area contributed by atoms with Crippen LogP contribution in [0.4, 0.5) is 17.1 Å². The number of hydrogen-bond acceptors (Lipinski definition) is 12. The van der Waals surface area contributed by atoms with E-state index in [1.54, 1.807) is 55.3 Å². The van der Waals surface area contributed by atoms with Crippen molar-refractivity contribution in [2.75, 3.05) is 44.1 Å². The van der Waals surface area contributed by atoms with E-state index < -0.39 is 21.8 Å². The summed E-state index contributed by atoms with van der Waals surface area (Å²) in [5.41, 5.74) is 0.0110. The van der Waals surface area contributed by atoms with E-state index in [4.69, 9.17) is 0 Å². The molecule has 17 heteroatoms. The van der Waals surface area contributed by atoms with Gasteiger partial charge in [-0.15, -0.1) is 11.8 Å². The van der Waals surface area contributed by atoms with Gasteiger partial charge in [0.05, 0.1) is 26.7 Å². The average Bonchev–Trinajstić information content (AvgIpc) is 3.00. The zero-order valence-electron chi connectivity index (χ0n) is 24.3. The molecule has 1 amide bonds. The number of aromatic carboxylic acids is 2. The highest BCUT2D eigenvalue weighted by Crippen LogP contribution is 2.35. The molecule has 0 aliphatic rings. The fraction of sp³-hybridized carbons (Fsp3) is 0.250. The summed E-state index contributed by atoms with van der Waals surface area (Å²) >= 11 is 6.32. The molecule has 0 aromatic heterocycles. The second-order valence-electron chi connectivity index (χ2n) is 9.54. The van der Waals surface area contributed by atoms with Crippen LogP contribution in [0.1, 0.15) is 26.3 Å². The molecule has 238 valence electrons. The minimum atomic E-state index is -1.31. The quantitative estimate of drug-likeness (QED) is 0.0845. The number of carboxylic acid groups (broad SMARTS) is 2. The Bertz CT molecular complexity index is 1620. The third kappa shape index (κ3) is 9.10. The van der Waals surface area contributed by atoms with Crippen LogP contribution in [0.3, 0.4) is 0 Å². The third-order valence-electron chi connectivity index (χ3n) is 6.58. The molecule has 0 spiro atoms. The van der Waals surface area contributed by atoms with Crippen molar-refractivity contribution in [1.82, 2.24) is 10.0 Å². The molecular formula is C28H29N5O9S3. The number of amides is 1. The Morgan fingerprint density at radius 3 is 2.02 bits per heavy atom. The summed E-state index contributed by atoms with van der Waals surface area (Å²) in [6.45, 7) is 0.500. The number of nitro benzene ring substituents is 2. The van der Waals surface area contributed by atoms with Gasteiger partial charge in [0, 0.05) is 84.6 Å². The number of non-ortho nitro benzene ring substituents is 2. The van der Waals surface area contributed by atoms with Gasteiger partial charge in [-0.3, -0.25) is 30.0 Å². The number of rotatable bonds is 15. The van der Waals surface area contributed by atoms with Gasteiger partial charge in [-0.05, 0) is 35.9 Å². The third-order valence-corrected chi connectivity index (χ3v) is 9.09. The van der Waals surface area contributed by atoms with Crippen LogP contribution in [0.2, 0.25) is 0 Å². The van der Waals surface area contributed by atoms with Gasteiger partial charge in [-0.2, -0.15) is 12.6 Å². The molecular weight excluding hydrogens is 647 g/mol. The lowest BCUT2D eigenvalue weighted by Gasteiger charge is -2.28. The van der Waals surface area contributed by atoms with Crippen LogP contribution in [-0.2, 0) is 11.3 Å². The van der Waals surface area contributed by atoms with Gasteiger partial charge in [0.15, 0.2) is 0 Å². The first-order valence-corrected chi connectivity index (χ1v) is 15.4. The summed E-state index contributed by atoms with van der Waals surface area (Å²) in [6, 6.07) is 12.9. The number of nitro groups is 2. The van der Waals surface area contributed by atoms with E-state index in [2.05, 4.69) is 12.6 Å². The van der Waals surface area contributed by atoms with Crippen LogP contribution in [0.25, 0.3) is 0 Å². The van der Waals surface area contributed by atoms with Crippen molar-refractivity contribution in [3.8, 4) is 0 Å². The topological polar surface area (TPSA) is 188 Å². The van der Waals surface area contributed by atoms with E-state index in [0.717, 1.165) is 23.9 Å². The highest BCUT2D eigenvalue weighted by atomic mass is 32.2. The van der Waals surface area contributed by atoms with Gasteiger partial charge in [-0.25, -0.2) is 14.6 Å². The summed E-state index contributed by atoms with van der Waals surface area (Å²) in [6.07, 6.45) is 0. The summed E-state index contributed by atoms with van der Waals surface area (Å²) in [5.74, 6) is -2.42. The zero-order chi connectivity index (χ0) is 33.4. The van der Waals surface area contributed by atoms with E-state index in [-0.39, 0.29) is 40.7 Å². The first kappa shape index (κ1) is 35.2. The van der Waals surface area contributed by atoms with Crippen molar-refractivity contribution in [3.63, 3.8) is 0 Å². The van der Waals surface area contributed by atoms with E-state index >= 15 is 0 Å². The van der Waals surface area contributed by atoms with Crippen LogP contribution in [0.15, 0.2) is 69.3 Å². The van der Waals surface area contributed by atoms with Crippen LogP contribution < -0.4 is 4.90 Å². The number of anilines is 1. The molecule has 0 unspecified atom stereocenters. The maximum Gasteiger partial charge on any atom is 0.337 e. The van der Waals surface area contributed by atoms with Crippen molar-refractivity contribution in [3.05, 3.63) is 91.5 Å². The molecule has 0 saturated heterocycles. The first-order chi connectivity index (χ1) is 21.2. The Labute approximate surface area is 271 Å². The lowest BCUT2D eigenvalue weighted by Crippen LogP contribution is -2.42. The monoisotopic (exact) mass is 675 g/mol. The number of carboxylic acids is 2. The molecule has 0 aliphatic carbocycles. The van der Waals surface area contributed by atoms with E-state index in [0.29, 0.717) is 38.2 Å². The maximum absolute atomic E-state index is 12.1. The van der Waals surface area contributed by atoms with Gasteiger partial charge in [-0.1, -0.05) is 11.8 Å². The normalized spacial score (nSPS) is 10.9. The molecule has 0 heterocycles. The molecule has 0 atom stereocenters. The Morgan fingerprint density at radius 2 is 1.47 bits per heavy atom. The van der Waals surface area contributed by atoms with E-state index in [1.165, 1.54) is 35.0 Å². The number of hydrogen-bond donors (Lipinski definition) is 3. The van der Waals surface area contributed by atoms with Crippen molar-refractivity contribution >= 4 is 71.1 Å². The highest BCUT2D eigenvalue weighted by Gasteiger charge is 2.23. The van der Waals surface area contributed by atoms with Crippen molar-refractivity contribution < 1.29 is 34.4 Å². The molecule has 0 bridgehead atoms. The smallest absolute Gasteiger partial charge is 0.337 e. The highest BCUT2D eigenvalue weighted by molar-refractivity contribution is 7.99. The molecule has 0 saturated carbocycles. The Hall–Kier alpha value is -4.32. The molecule has 3 aromatic carbocycles. The van der Waals surface area contributed by atoms with Gasteiger partial charge in [0.1, 0.15) is 0 Å². The lowest BCUT2D eigenvalue weighted by atomic mass is 10.1. The number of carbonyl (C=O) groups is 3. The van der Waals surface area contributed by atoms with Gasteiger partial charge < -0.3 is 15.1 Å². The second kappa shape index (κ2) is 15.6.